The van der Waals surface area contributed by atoms with Crippen LogP contribution in [0.2, 0.25) is 0 Å². The van der Waals surface area contributed by atoms with Crippen LogP contribution in [0.3, 0.4) is 0 Å². The number of amides is 1. The number of para-hydroxylation sites is 2. The normalized spacial score (nSPS) is 12.0. The van der Waals surface area contributed by atoms with Crippen molar-refractivity contribution >= 4 is 16.9 Å². The van der Waals surface area contributed by atoms with Crippen LogP contribution in [-0.2, 0) is 4.79 Å². The van der Waals surface area contributed by atoms with Gasteiger partial charge in [-0.05, 0) is 32.4 Å². The fourth-order valence-corrected chi connectivity index (χ4v) is 2.43. The summed E-state index contributed by atoms with van der Waals surface area (Å²) in [5, 5.41) is 12.4. The van der Waals surface area contributed by atoms with Crippen LogP contribution in [0.1, 0.15) is 51.6 Å². The van der Waals surface area contributed by atoms with Crippen LogP contribution in [0.15, 0.2) is 24.3 Å². The Balaban J connectivity index is 2.34. The van der Waals surface area contributed by atoms with Gasteiger partial charge in [0, 0.05) is 6.54 Å². The lowest BCUT2D eigenvalue weighted by Gasteiger charge is -2.16. The Morgan fingerprint density at radius 1 is 1.24 bits per heavy atom. The average molecular weight is 340 g/mol. The molecule has 0 saturated carbocycles. The lowest BCUT2D eigenvalue weighted by molar-refractivity contribution is -0.121. The van der Waals surface area contributed by atoms with Gasteiger partial charge in [0.05, 0.1) is 23.2 Å². The van der Waals surface area contributed by atoms with Crippen molar-refractivity contribution in [3.8, 4) is 11.9 Å². The molecule has 2 aromatic rings. The van der Waals surface area contributed by atoms with Gasteiger partial charge >= 0.3 is 0 Å². The highest BCUT2D eigenvalue weighted by molar-refractivity contribution is 5.87. The van der Waals surface area contributed by atoms with E-state index in [1.165, 1.54) is 0 Å². The molecule has 0 aliphatic rings. The summed E-state index contributed by atoms with van der Waals surface area (Å²) in [5.74, 6) is -1.17. The second kappa shape index (κ2) is 8.97. The SMILES string of the molecule is CCCCCNC(=O)[C@H](C#N)c1nc2ccccc2nc1OC(C)C. The number of benzene rings is 1. The summed E-state index contributed by atoms with van der Waals surface area (Å²) in [6, 6.07) is 9.37. The highest BCUT2D eigenvalue weighted by Crippen LogP contribution is 2.26. The summed E-state index contributed by atoms with van der Waals surface area (Å²) >= 11 is 0. The quantitative estimate of drug-likeness (QED) is 0.745. The topological polar surface area (TPSA) is 87.9 Å². The molecule has 1 amide bonds. The number of carbonyl (C=O) groups is 1. The number of ether oxygens (including phenoxy) is 1. The first-order valence-electron chi connectivity index (χ1n) is 8.67. The molecule has 0 unspecified atom stereocenters. The van der Waals surface area contributed by atoms with Gasteiger partial charge in [0.15, 0.2) is 5.92 Å². The highest BCUT2D eigenvalue weighted by atomic mass is 16.5. The zero-order valence-electron chi connectivity index (χ0n) is 15.0. The minimum Gasteiger partial charge on any atom is -0.474 e. The molecule has 6 heteroatoms. The lowest BCUT2D eigenvalue weighted by atomic mass is 10.1. The van der Waals surface area contributed by atoms with Gasteiger partial charge in [0.25, 0.3) is 0 Å². The molecule has 0 radical (unpaired) electrons. The van der Waals surface area contributed by atoms with Crippen molar-refractivity contribution in [2.45, 2.75) is 52.1 Å². The minimum absolute atomic E-state index is 0.138. The first kappa shape index (κ1) is 18.7. The number of aromatic nitrogens is 2. The molecule has 0 saturated heterocycles. The predicted octanol–water partition coefficient (Wildman–Crippen LogP) is 3.33. The van der Waals surface area contributed by atoms with Crippen molar-refractivity contribution in [3.05, 3.63) is 30.0 Å². The lowest BCUT2D eigenvalue weighted by Crippen LogP contribution is -2.30. The maximum Gasteiger partial charge on any atom is 0.243 e. The van der Waals surface area contributed by atoms with Crippen molar-refractivity contribution < 1.29 is 9.53 Å². The Bertz CT molecular complexity index is 768. The van der Waals surface area contributed by atoms with E-state index >= 15 is 0 Å². The third-order valence-corrected chi connectivity index (χ3v) is 3.66. The fourth-order valence-electron chi connectivity index (χ4n) is 2.43. The Labute approximate surface area is 148 Å². The minimum atomic E-state index is -1.05. The van der Waals surface area contributed by atoms with E-state index in [9.17, 15) is 10.1 Å². The Hall–Kier alpha value is -2.68. The molecule has 132 valence electrons. The van der Waals surface area contributed by atoms with Gasteiger partial charge in [0.2, 0.25) is 11.8 Å². The van der Waals surface area contributed by atoms with Crippen LogP contribution in [0.25, 0.3) is 11.0 Å². The molecule has 1 atom stereocenters. The largest absolute Gasteiger partial charge is 0.474 e. The van der Waals surface area contributed by atoms with E-state index in [1.807, 2.05) is 38.1 Å². The first-order valence-corrected chi connectivity index (χ1v) is 8.67. The summed E-state index contributed by atoms with van der Waals surface area (Å²) < 4.78 is 5.72. The van der Waals surface area contributed by atoms with E-state index in [4.69, 9.17) is 4.74 Å². The zero-order valence-corrected chi connectivity index (χ0v) is 15.0. The molecule has 0 bridgehead atoms. The number of nitrogens with zero attached hydrogens (tertiary/aromatic N) is 3. The molecular formula is C19H24N4O2. The van der Waals surface area contributed by atoms with Crippen molar-refractivity contribution in [2.24, 2.45) is 0 Å². The van der Waals surface area contributed by atoms with Crippen LogP contribution in [0, 0.1) is 11.3 Å². The molecule has 1 aromatic carbocycles. The van der Waals surface area contributed by atoms with E-state index in [-0.39, 0.29) is 23.6 Å². The second-order valence-electron chi connectivity index (χ2n) is 6.13. The van der Waals surface area contributed by atoms with Crippen LogP contribution in [0.5, 0.6) is 5.88 Å². The van der Waals surface area contributed by atoms with Gasteiger partial charge in [-0.3, -0.25) is 4.79 Å². The fraction of sp³-hybridized carbons (Fsp3) is 0.474. The number of fused-ring (bicyclic) bond motifs is 1. The summed E-state index contributed by atoms with van der Waals surface area (Å²) in [6.07, 6.45) is 2.86. The molecule has 1 aromatic heterocycles. The van der Waals surface area contributed by atoms with Gasteiger partial charge < -0.3 is 10.1 Å². The maximum absolute atomic E-state index is 12.5. The van der Waals surface area contributed by atoms with Gasteiger partial charge in [-0.25, -0.2) is 9.97 Å². The number of rotatable bonds is 8. The van der Waals surface area contributed by atoms with E-state index in [0.717, 1.165) is 19.3 Å². The molecule has 1 N–H and O–H groups in total. The van der Waals surface area contributed by atoms with Crippen LogP contribution in [0.4, 0.5) is 0 Å². The Morgan fingerprint density at radius 2 is 1.92 bits per heavy atom. The maximum atomic E-state index is 12.5. The second-order valence-corrected chi connectivity index (χ2v) is 6.13. The van der Waals surface area contributed by atoms with Crippen LogP contribution < -0.4 is 10.1 Å². The van der Waals surface area contributed by atoms with Crippen LogP contribution >= 0.6 is 0 Å². The summed E-state index contributed by atoms with van der Waals surface area (Å²) in [6.45, 7) is 6.38. The highest BCUT2D eigenvalue weighted by Gasteiger charge is 2.27. The number of hydrogen-bond acceptors (Lipinski definition) is 5. The molecule has 25 heavy (non-hydrogen) atoms. The molecule has 2 rings (SSSR count). The molecule has 6 nitrogen and oxygen atoms in total. The number of nitriles is 1. The van der Waals surface area contributed by atoms with Crippen molar-refractivity contribution in [3.63, 3.8) is 0 Å². The van der Waals surface area contributed by atoms with Gasteiger partial charge in [-0.2, -0.15) is 5.26 Å². The van der Waals surface area contributed by atoms with Crippen molar-refractivity contribution in [1.29, 1.82) is 5.26 Å². The molecule has 0 aliphatic heterocycles. The first-order chi connectivity index (χ1) is 12.1. The third kappa shape index (κ3) is 4.90. The van der Waals surface area contributed by atoms with Gasteiger partial charge in [0.1, 0.15) is 5.69 Å². The number of hydrogen-bond donors (Lipinski definition) is 1. The third-order valence-electron chi connectivity index (χ3n) is 3.66. The van der Waals surface area contributed by atoms with Crippen molar-refractivity contribution in [2.75, 3.05) is 6.54 Å². The zero-order chi connectivity index (χ0) is 18.2. The average Bonchev–Trinajstić information content (AvgIpc) is 2.59. The summed E-state index contributed by atoms with van der Waals surface area (Å²) in [4.78, 5) is 21.4. The van der Waals surface area contributed by atoms with E-state index in [2.05, 4.69) is 22.2 Å². The van der Waals surface area contributed by atoms with E-state index < -0.39 is 5.92 Å². The Morgan fingerprint density at radius 3 is 2.52 bits per heavy atom. The predicted molar refractivity (Wildman–Crippen MR) is 96.2 cm³/mol. The van der Waals surface area contributed by atoms with Gasteiger partial charge in [-0.1, -0.05) is 31.9 Å². The smallest absolute Gasteiger partial charge is 0.243 e. The number of unbranched alkanes of at least 4 members (excludes halogenated alkanes) is 2. The Kier molecular flexibility index (Phi) is 6.70. The van der Waals surface area contributed by atoms with Gasteiger partial charge in [-0.15, -0.1) is 0 Å². The van der Waals surface area contributed by atoms with Crippen LogP contribution in [-0.4, -0.2) is 28.5 Å². The number of nitrogens with one attached hydrogen (secondary N) is 1. The molecule has 1 heterocycles. The molecule has 0 spiro atoms. The van der Waals surface area contributed by atoms with E-state index in [1.54, 1.807) is 6.07 Å². The molecule has 0 aliphatic carbocycles. The number of carbonyl (C=O) groups excluding carboxylic acids is 1. The summed E-state index contributed by atoms with van der Waals surface area (Å²) in [5.41, 5.74) is 1.57. The van der Waals surface area contributed by atoms with E-state index in [0.29, 0.717) is 17.6 Å². The summed E-state index contributed by atoms with van der Waals surface area (Å²) in [7, 11) is 0. The monoisotopic (exact) mass is 340 g/mol. The molecular weight excluding hydrogens is 316 g/mol. The standard InChI is InChI=1S/C19H24N4O2/c1-4-5-8-11-21-18(24)14(12-20)17-19(25-13(2)3)23-16-10-7-6-9-15(16)22-17/h6-7,9-10,13-14H,4-5,8,11H2,1-3H3,(H,21,24)/t14-/m1/s1. The molecule has 0 fully saturated rings. The van der Waals surface area contributed by atoms with Crippen molar-refractivity contribution in [1.82, 2.24) is 15.3 Å².